The lowest BCUT2D eigenvalue weighted by Crippen LogP contribution is -2.22. The van der Waals surface area contributed by atoms with Crippen LogP contribution in [0.4, 0.5) is 10.1 Å². The fourth-order valence-electron chi connectivity index (χ4n) is 4.74. The summed E-state index contributed by atoms with van der Waals surface area (Å²) < 4.78 is 20.2. The number of hydrogen-bond acceptors (Lipinski definition) is 7. The highest BCUT2D eigenvalue weighted by Gasteiger charge is 2.18. The van der Waals surface area contributed by atoms with E-state index in [9.17, 15) is 19.1 Å². The second kappa shape index (κ2) is 12.5. The van der Waals surface area contributed by atoms with Gasteiger partial charge in [-0.1, -0.05) is 12.1 Å². The molecule has 0 radical (unpaired) electrons. The molecule has 45 heavy (non-hydrogen) atoms. The number of carbonyl (C=O) groups is 2. The van der Waals surface area contributed by atoms with Crippen molar-refractivity contribution in [2.75, 3.05) is 5.32 Å². The monoisotopic (exact) mass is 623 g/mol. The zero-order valence-electron chi connectivity index (χ0n) is 24.6. The molecule has 6 aromatic rings. The van der Waals surface area contributed by atoms with Gasteiger partial charge in [0, 0.05) is 58.0 Å². The Morgan fingerprint density at radius 1 is 1.02 bits per heavy atom. The summed E-state index contributed by atoms with van der Waals surface area (Å²) in [4.78, 5) is 30.6. The summed E-state index contributed by atoms with van der Waals surface area (Å²) in [7, 11) is 0. The standard InChI is InChI=1S/C34H30FN5O4S/c1-34(2,43)12-13-40-18-25-15-29(37-32(42)30-20-45-33(38-30)24-7-9-26(35)10-8-24)27(16-28(25)39-40)22-3-5-23(6-4-22)31(41)36-17-21-11-14-44-19-21/h3-11,14-16,18-20,43H,12-13,17H2,1-2H3,(H,36,41)(H,37,42). The Labute approximate surface area is 262 Å². The molecule has 0 spiro atoms. The van der Waals surface area contributed by atoms with Crippen molar-refractivity contribution >= 4 is 39.7 Å². The van der Waals surface area contributed by atoms with Crippen LogP contribution in [-0.4, -0.2) is 37.3 Å². The minimum Gasteiger partial charge on any atom is -0.472 e. The van der Waals surface area contributed by atoms with E-state index in [0.717, 1.165) is 22.1 Å². The van der Waals surface area contributed by atoms with Gasteiger partial charge in [-0.2, -0.15) is 5.10 Å². The van der Waals surface area contributed by atoms with Gasteiger partial charge >= 0.3 is 0 Å². The number of aliphatic hydroxyl groups is 1. The predicted octanol–water partition coefficient (Wildman–Crippen LogP) is 6.90. The van der Waals surface area contributed by atoms with Gasteiger partial charge in [0.25, 0.3) is 11.8 Å². The Kier molecular flexibility index (Phi) is 8.29. The van der Waals surface area contributed by atoms with Crippen LogP contribution < -0.4 is 10.6 Å². The summed E-state index contributed by atoms with van der Waals surface area (Å²) in [6.45, 7) is 4.37. The molecule has 228 valence electrons. The first kappa shape index (κ1) is 29.9. The summed E-state index contributed by atoms with van der Waals surface area (Å²) in [5.41, 5.74) is 4.20. The molecular weight excluding hydrogens is 593 g/mol. The van der Waals surface area contributed by atoms with Gasteiger partial charge in [0.05, 0.1) is 23.6 Å². The van der Waals surface area contributed by atoms with Crippen molar-refractivity contribution in [3.05, 3.63) is 113 Å². The lowest BCUT2D eigenvalue weighted by Gasteiger charge is -2.16. The Balaban J connectivity index is 1.29. The van der Waals surface area contributed by atoms with E-state index in [1.54, 1.807) is 66.8 Å². The van der Waals surface area contributed by atoms with Gasteiger partial charge < -0.3 is 20.2 Å². The van der Waals surface area contributed by atoms with Crippen LogP contribution in [0.2, 0.25) is 0 Å². The molecule has 9 nitrogen and oxygen atoms in total. The zero-order chi connectivity index (χ0) is 31.6. The fraction of sp³-hybridized carbons (Fsp3) is 0.176. The van der Waals surface area contributed by atoms with Crippen molar-refractivity contribution in [2.24, 2.45) is 0 Å². The molecule has 3 heterocycles. The lowest BCUT2D eigenvalue weighted by molar-refractivity contribution is 0.0651. The van der Waals surface area contributed by atoms with Gasteiger partial charge in [-0.15, -0.1) is 11.3 Å². The number of halogens is 1. The van der Waals surface area contributed by atoms with E-state index in [-0.39, 0.29) is 17.4 Å². The third-order valence-corrected chi connectivity index (χ3v) is 8.10. The topological polar surface area (TPSA) is 122 Å². The van der Waals surface area contributed by atoms with Crippen LogP contribution in [0.1, 0.15) is 46.7 Å². The third kappa shape index (κ3) is 7.17. The maximum Gasteiger partial charge on any atom is 0.275 e. The van der Waals surface area contributed by atoms with Gasteiger partial charge in [0.1, 0.15) is 16.5 Å². The summed E-state index contributed by atoms with van der Waals surface area (Å²) in [6, 6.07) is 18.6. The molecule has 0 aliphatic carbocycles. The first-order chi connectivity index (χ1) is 21.6. The van der Waals surface area contributed by atoms with Crippen LogP contribution >= 0.6 is 11.3 Å². The second-order valence-corrected chi connectivity index (χ2v) is 12.2. The second-order valence-electron chi connectivity index (χ2n) is 11.3. The fourth-order valence-corrected chi connectivity index (χ4v) is 5.54. The molecule has 11 heteroatoms. The van der Waals surface area contributed by atoms with Crippen molar-refractivity contribution in [3.63, 3.8) is 0 Å². The smallest absolute Gasteiger partial charge is 0.275 e. The number of hydrogen-bond donors (Lipinski definition) is 3. The molecule has 3 aromatic carbocycles. The number of rotatable bonds is 10. The minimum atomic E-state index is -0.838. The molecule has 3 N–H and O–H groups in total. The first-order valence-corrected chi connectivity index (χ1v) is 15.2. The molecule has 0 bridgehead atoms. The maximum atomic E-state index is 13.4. The molecule has 0 unspecified atom stereocenters. The van der Waals surface area contributed by atoms with E-state index in [1.807, 2.05) is 30.5 Å². The Morgan fingerprint density at radius 2 is 1.78 bits per heavy atom. The summed E-state index contributed by atoms with van der Waals surface area (Å²) in [5.74, 6) is -0.967. The lowest BCUT2D eigenvalue weighted by atomic mass is 10.00. The summed E-state index contributed by atoms with van der Waals surface area (Å²) >= 11 is 1.30. The quantitative estimate of drug-likeness (QED) is 0.153. The summed E-state index contributed by atoms with van der Waals surface area (Å²) in [6.07, 6.45) is 5.53. The molecule has 0 aliphatic rings. The molecule has 0 atom stereocenters. The SMILES string of the molecule is CC(C)(O)CCn1cc2cc(NC(=O)c3csc(-c4ccc(F)cc4)n3)c(-c3ccc(C(=O)NCc4ccoc4)cc3)cc2n1. The van der Waals surface area contributed by atoms with E-state index in [0.29, 0.717) is 46.8 Å². The molecular formula is C34H30FN5O4S. The Bertz CT molecular complexity index is 1960. The minimum absolute atomic E-state index is 0.224. The maximum absolute atomic E-state index is 13.4. The molecule has 0 fully saturated rings. The highest BCUT2D eigenvalue weighted by Crippen LogP contribution is 2.33. The van der Waals surface area contributed by atoms with Gasteiger partial charge in [0.15, 0.2) is 0 Å². The van der Waals surface area contributed by atoms with Crippen molar-refractivity contribution in [3.8, 4) is 21.7 Å². The Hall–Kier alpha value is -5.13. The van der Waals surface area contributed by atoms with E-state index >= 15 is 0 Å². The van der Waals surface area contributed by atoms with Crippen LogP contribution in [0.25, 0.3) is 32.6 Å². The highest BCUT2D eigenvalue weighted by molar-refractivity contribution is 7.13. The third-order valence-electron chi connectivity index (χ3n) is 7.21. The number of nitrogens with one attached hydrogen (secondary N) is 2. The number of benzene rings is 3. The largest absolute Gasteiger partial charge is 0.472 e. The number of anilines is 1. The van der Waals surface area contributed by atoms with Crippen molar-refractivity contribution in [1.82, 2.24) is 20.1 Å². The van der Waals surface area contributed by atoms with Crippen molar-refractivity contribution in [2.45, 2.75) is 39.0 Å². The van der Waals surface area contributed by atoms with Crippen LogP contribution in [-0.2, 0) is 13.1 Å². The van der Waals surface area contributed by atoms with E-state index in [2.05, 4.69) is 15.6 Å². The van der Waals surface area contributed by atoms with Gasteiger partial charge in [0.2, 0.25) is 0 Å². The number of aryl methyl sites for hydroxylation is 1. The molecule has 0 saturated carbocycles. The molecule has 0 saturated heterocycles. The molecule has 6 rings (SSSR count). The summed E-state index contributed by atoms with van der Waals surface area (Å²) in [5, 5.41) is 23.8. The van der Waals surface area contributed by atoms with Crippen molar-refractivity contribution < 1.29 is 23.5 Å². The van der Waals surface area contributed by atoms with Crippen LogP contribution in [0.5, 0.6) is 0 Å². The number of amides is 2. The van der Waals surface area contributed by atoms with Gasteiger partial charge in [-0.3, -0.25) is 14.3 Å². The average molecular weight is 624 g/mol. The first-order valence-electron chi connectivity index (χ1n) is 14.3. The number of furan rings is 1. The van der Waals surface area contributed by atoms with Crippen LogP contribution in [0.15, 0.2) is 95.3 Å². The number of carbonyl (C=O) groups excluding carboxylic acids is 2. The normalized spacial score (nSPS) is 11.6. The van der Waals surface area contributed by atoms with Crippen LogP contribution in [0.3, 0.4) is 0 Å². The van der Waals surface area contributed by atoms with Crippen molar-refractivity contribution in [1.29, 1.82) is 0 Å². The van der Waals surface area contributed by atoms with E-state index in [4.69, 9.17) is 9.52 Å². The number of fused-ring (bicyclic) bond motifs is 1. The predicted molar refractivity (Wildman–Crippen MR) is 171 cm³/mol. The zero-order valence-corrected chi connectivity index (χ0v) is 25.4. The van der Waals surface area contributed by atoms with E-state index in [1.165, 1.54) is 23.5 Å². The van der Waals surface area contributed by atoms with E-state index < -0.39 is 11.5 Å². The van der Waals surface area contributed by atoms with Gasteiger partial charge in [-0.05, 0) is 80.4 Å². The molecule has 0 aliphatic heterocycles. The average Bonchev–Trinajstić information content (AvgIpc) is 3.80. The number of aromatic nitrogens is 3. The number of nitrogens with zero attached hydrogens (tertiary/aromatic N) is 3. The van der Waals surface area contributed by atoms with Gasteiger partial charge in [-0.25, -0.2) is 9.37 Å². The molecule has 3 aromatic heterocycles. The number of thiazole rings is 1. The highest BCUT2D eigenvalue weighted by atomic mass is 32.1. The molecule has 2 amide bonds. The Morgan fingerprint density at radius 3 is 2.49 bits per heavy atom. The van der Waals surface area contributed by atoms with Crippen LogP contribution in [0, 0.1) is 5.82 Å².